The fourth-order valence-electron chi connectivity index (χ4n) is 2.84. The summed E-state index contributed by atoms with van der Waals surface area (Å²) in [5.74, 6) is 0. The molecular weight excluding hydrogens is 306 g/mol. The van der Waals surface area contributed by atoms with Crippen LogP contribution in [0.4, 0.5) is 0 Å². The second-order valence-corrected chi connectivity index (χ2v) is 6.19. The summed E-state index contributed by atoms with van der Waals surface area (Å²) in [5, 5.41) is 8.04. The summed E-state index contributed by atoms with van der Waals surface area (Å²) in [7, 11) is 2.01. The number of hydrogen-bond donors (Lipinski definition) is 1. The third-order valence-corrected chi connectivity index (χ3v) is 4.89. The Morgan fingerprint density at radius 2 is 2.26 bits per heavy atom. The standard InChI is InChI=1S/C14H24BrN3O/c1-5-16-11(13-7-6-9(2)19-13)8-12-14(15)10(3)17-18(12)4/h9,11,13,16H,5-8H2,1-4H3. The number of nitrogens with one attached hydrogen (secondary N) is 1. The first-order valence-electron chi connectivity index (χ1n) is 7.09. The number of hydrogen-bond acceptors (Lipinski definition) is 3. The van der Waals surface area contributed by atoms with Gasteiger partial charge in [0.1, 0.15) is 0 Å². The zero-order valence-corrected chi connectivity index (χ0v) is 13.8. The van der Waals surface area contributed by atoms with Gasteiger partial charge in [-0.25, -0.2) is 0 Å². The van der Waals surface area contributed by atoms with E-state index in [-0.39, 0.29) is 0 Å². The topological polar surface area (TPSA) is 39.1 Å². The zero-order valence-electron chi connectivity index (χ0n) is 12.2. The van der Waals surface area contributed by atoms with Gasteiger partial charge < -0.3 is 10.1 Å². The van der Waals surface area contributed by atoms with E-state index in [1.165, 1.54) is 5.69 Å². The predicted octanol–water partition coefficient (Wildman–Crippen LogP) is 2.58. The Morgan fingerprint density at radius 1 is 1.53 bits per heavy atom. The van der Waals surface area contributed by atoms with Crippen LogP contribution < -0.4 is 5.32 Å². The minimum Gasteiger partial charge on any atom is -0.374 e. The molecule has 0 spiro atoms. The average Bonchev–Trinajstić information content (AvgIpc) is 2.88. The summed E-state index contributed by atoms with van der Waals surface area (Å²) < 4.78 is 9.13. The molecule has 1 aliphatic rings. The quantitative estimate of drug-likeness (QED) is 0.902. The highest BCUT2D eigenvalue weighted by atomic mass is 79.9. The molecule has 1 aromatic rings. The Labute approximate surface area is 124 Å². The molecule has 2 heterocycles. The fraction of sp³-hybridized carbons (Fsp3) is 0.786. The van der Waals surface area contributed by atoms with E-state index in [0.29, 0.717) is 18.2 Å². The van der Waals surface area contributed by atoms with Crippen LogP contribution in [0.15, 0.2) is 4.47 Å². The van der Waals surface area contributed by atoms with E-state index < -0.39 is 0 Å². The van der Waals surface area contributed by atoms with Crippen molar-refractivity contribution in [3.8, 4) is 0 Å². The van der Waals surface area contributed by atoms with Crippen molar-refractivity contribution in [3.05, 3.63) is 15.9 Å². The van der Waals surface area contributed by atoms with Crippen LogP contribution in [-0.2, 0) is 18.2 Å². The predicted molar refractivity (Wildman–Crippen MR) is 80.4 cm³/mol. The number of nitrogens with zero attached hydrogens (tertiary/aromatic N) is 2. The molecule has 0 aromatic carbocycles. The van der Waals surface area contributed by atoms with Crippen molar-refractivity contribution in [2.45, 2.75) is 58.3 Å². The molecule has 1 fully saturated rings. The van der Waals surface area contributed by atoms with Crippen LogP contribution in [0.3, 0.4) is 0 Å². The molecule has 1 saturated heterocycles. The summed E-state index contributed by atoms with van der Waals surface area (Å²) in [6.45, 7) is 7.30. The Morgan fingerprint density at radius 3 is 2.74 bits per heavy atom. The normalized spacial score (nSPS) is 24.9. The third-order valence-electron chi connectivity index (χ3n) is 3.85. The molecule has 5 heteroatoms. The van der Waals surface area contributed by atoms with E-state index in [9.17, 15) is 0 Å². The number of rotatable bonds is 5. The fourth-order valence-corrected chi connectivity index (χ4v) is 3.33. The summed E-state index contributed by atoms with van der Waals surface area (Å²) in [5.41, 5.74) is 2.29. The molecular formula is C14H24BrN3O. The second kappa shape index (κ2) is 6.37. The van der Waals surface area contributed by atoms with E-state index >= 15 is 0 Å². The average molecular weight is 330 g/mol. The van der Waals surface area contributed by atoms with E-state index in [4.69, 9.17) is 4.74 Å². The Balaban J connectivity index is 2.12. The molecule has 1 aliphatic heterocycles. The Bertz CT molecular complexity index is 433. The SMILES string of the molecule is CCNC(Cc1c(Br)c(C)nn1C)C1CCC(C)O1. The van der Waals surface area contributed by atoms with E-state index in [1.807, 2.05) is 18.7 Å². The first-order valence-corrected chi connectivity index (χ1v) is 7.89. The van der Waals surface area contributed by atoms with Gasteiger partial charge in [0.25, 0.3) is 0 Å². The van der Waals surface area contributed by atoms with Gasteiger partial charge in [-0.15, -0.1) is 0 Å². The first kappa shape index (κ1) is 15.0. The number of aromatic nitrogens is 2. The molecule has 4 nitrogen and oxygen atoms in total. The van der Waals surface area contributed by atoms with Crippen molar-refractivity contribution in [2.75, 3.05) is 6.54 Å². The lowest BCUT2D eigenvalue weighted by Crippen LogP contribution is -2.42. The molecule has 0 bridgehead atoms. The van der Waals surface area contributed by atoms with Gasteiger partial charge in [0.2, 0.25) is 0 Å². The lowest BCUT2D eigenvalue weighted by molar-refractivity contribution is 0.0320. The van der Waals surface area contributed by atoms with Gasteiger partial charge in [0.15, 0.2) is 0 Å². The Hall–Kier alpha value is -0.390. The second-order valence-electron chi connectivity index (χ2n) is 5.40. The van der Waals surface area contributed by atoms with Crippen molar-refractivity contribution in [1.82, 2.24) is 15.1 Å². The van der Waals surface area contributed by atoms with Crippen molar-refractivity contribution in [1.29, 1.82) is 0 Å². The van der Waals surface area contributed by atoms with E-state index in [0.717, 1.165) is 36.0 Å². The third kappa shape index (κ3) is 3.38. The molecule has 3 atom stereocenters. The Kier molecular flexibility index (Phi) is 5.03. The monoisotopic (exact) mass is 329 g/mol. The van der Waals surface area contributed by atoms with E-state index in [1.54, 1.807) is 0 Å². The largest absolute Gasteiger partial charge is 0.374 e. The number of halogens is 1. The van der Waals surface area contributed by atoms with Gasteiger partial charge >= 0.3 is 0 Å². The molecule has 0 aliphatic carbocycles. The first-order chi connectivity index (χ1) is 9.02. The summed E-state index contributed by atoms with van der Waals surface area (Å²) in [6, 6.07) is 0.362. The summed E-state index contributed by atoms with van der Waals surface area (Å²) >= 11 is 3.65. The van der Waals surface area contributed by atoms with Gasteiger partial charge in [-0.05, 0) is 49.2 Å². The highest BCUT2D eigenvalue weighted by molar-refractivity contribution is 9.10. The zero-order chi connectivity index (χ0) is 14.0. The smallest absolute Gasteiger partial charge is 0.0738 e. The molecule has 3 unspecified atom stereocenters. The number of likely N-dealkylation sites (N-methyl/N-ethyl adjacent to an activating group) is 1. The van der Waals surface area contributed by atoms with Crippen LogP contribution in [-0.4, -0.2) is 34.6 Å². The maximum absolute atomic E-state index is 6.03. The molecule has 1 aromatic heterocycles. The molecule has 1 N–H and O–H groups in total. The van der Waals surface area contributed by atoms with Crippen molar-refractivity contribution >= 4 is 15.9 Å². The van der Waals surface area contributed by atoms with Crippen molar-refractivity contribution in [3.63, 3.8) is 0 Å². The van der Waals surface area contributed by atoms with E-state index in [2.05, 4.69) is 40.2 Å². The molecule has 2 rings (SSSR count). The molecule has 0 saturated carbocycles. The molecule has 19 heavy (non-hydrogen) atoms. The lowest BCUT2D eigenvalue weighted by atomic mass is 10.0. The van der Waals surface area contributed by atoms with Crippen molar-refractivity contribution in [2.24, 2.45) is 7.05 Å². The molecule has 108 valence electrons. The summed E-state index contributed by atoms with van der Waals surface area (Å²) in [6.07, 6.45) is 3.97. The van der Waals surface area contributed by atoms with Crippen LogP contribution >= 0.6 is 15.9 Å². The van der Waals surface area contributed by atoms with Gasteiger partial charge in [0, 0.05) is 19.5 Å². The lowest BCUT2D eigenvalue weighted by Gasteiger charge is -2.24. The van der Waals surface area contributed by atoms with Crippen LogP contribution in [0.5, 0.6) is 0 Å². The van der Waals surface area contributed by atoms with Gasteiger partial charge in [0.05, 0.1) is 28.1 Å². The van der Waals surface area contributed by atoms with Gasteiger partial charge in [-0.2, -0.15) is 5.10 Å². The number of ether oxygens (including phenoxy) is 1. The molecule has 0 amide bonds. The van der Waals surface area contributed by atoms with Crippen molar-refractivity contribution < 1.29 is 4.74 Å². The van der Waals surface area contributed by atoms with Crippen LogP contribution in [0.25, 0.3) is 0 Å². The minimum atomic E-state index is 0.317. The highest BCUT2D eigenvalue weighted by Gasteiger charge is 2.30. The summed E-state index contributed by atoms with van der Waals surface area (Å²) in [4.78, 5) is 0. The highest BCUT2D eigenvalue weighted by Crippen LogP contribution is 2.27. The van der Waals surface area contributed by atoms with Gasteiger partial charge in [-0.3, -0.25) is 4.68 Å². The maximum Gasteiger partial charge on any atom is 0.0738 e. The van der Waals surface area contributed by atoms with Crippen LogP contribution in [0.1, 0.15) is 38.1 Å². The van der Waals surface area contributed by atoms with Crippen LogP contribution in [0, 0.1) is 6.92 Å². The minimum absolute atomic E-state index is 0.317. The van der Waals surface area contributed by atoms with Crippen LogP contribution in [0.2, 0.25) is 0 Å². The number of aryl methyl sites for hydroxylation is 2. The maximum atomic E-state index is 6.03. The van der Waals surface area contributed by atoms with Gasteiger partial charge in [-0.1, -0.05) is 6.92 Å². The molecule has 0 radical (unpaired) electrons.